The van der Waals surface area contributed by atoms with Gasteiger partial charge in [0.2, 0.25) is 0 Å². The largest absolute Gasteiger partial charge is 0.480 e. The molecule has 0 bridgehead atoms. The number of hydrogen-bond acceptors (Lipinski definition) is 4. The number of benzene rings is 2. The summed E-state index contributed by atoms with van der Waals surface area (Å²) in [6.07, 6.45) is 0.141. The third kappa shape index (κ3) is 6.56. The lowest BCUT2D eigenvalue weighted by Gasteiger charge is -2.09. The molecule has 2 amide bonds. The van der Waals surface area contributed by atoms with Gasteiger partial charge in [0.05, 0.1) is 12.7 Å². The molecule has 3 N–H and O–H groups in total. The summed E-state index contributed by atoms with van der Waals surface area (Å²) in [6, 6.07) is 13.3. The lowest BCUT2D eigenvalue weighted by atomic mass is 10.1. The minimum atomic E-state index is -1.12. The summed E-state index contributed by atoms with van der Waals surface area (Å²) in [7, 11) is 0. The highest BCUT2D eigenvalue weighted by atomic mass is 16.5. The van der Waals surface area contributed by atoms with E-state index in [0.29, 0.717) is 23.4 Å². The molecule has 142 valence electrons. The summed E-state index contributed by atoms with van der Waals surface area (Å²) in [5.74, 6) is -1.88. The van der Waals surface area contributed by atoms with Crippen molar-refractivity contribution in [2.24, 2.45) is 0 Å². The second-order valence-electron chi connectivity index (χ2n) is 6.16. The normalized spacial score (nSPS) is 10.5. The standard InChI is InChI=1S/C20H22N2O5/c1-13(2)27-12-14-3-5-16(6-4-14)20(26)22-17-9-7-15(8-10-17)19(25)21-11-18(23)24/h3-10,13H,11-12H2,1-2H3,(H,21,25)(H,22,26)(H,23,24). The van der Waals surface area contributed by atoms with Crippen molar-refractivity contribution in [1.29, 1.82) is 0 Å². The Balaban J connectivity index is 1.93. The number of carbonyl (C=O) groups excluding carboxylic acids is 2. The fourth-order valence-corrected chi connectivity index (χ4v) is 2.18. The van der Waals surface area contributed by atoms with Crippen molar-refractivity contribution < 1.29 is 24.2 Å². The number of carboxylic acid groups (broad SMARTS) is 1. The predicted molar refractivity (Wildman–Crippen MR) is 101 cm³/mol. The lowest BCUT2D eigenvalue weighted by molar-refractivity contribution is -0.135. The predicted octanol–water partition coefficient (Wildman–Crippen LogP) is 2.68. The molecule has 0 aliphatic rings. The monoisotopic (exact) mass is 370 g/mol. The van der Waals surface area contributed by atoms with Gasteiger partial charge in [-0.15, -0.1) is 0 Å². The van der Waals surface area contributed by atoms with E-state index in [1.165, 1.54) is 12.1 Å². The van der Waals surface area contributed by atoms with Crippen molar-refractivity contribution in [2.45, 2.75) is 26.6 Å². The zero-order valence-electron chi connectivity index (χ0n) is 15.2. The Morgan fingerprint density at radius 2 is 1.48 bits per heavy atom. The van der Waals surface area contributed by atoms with Crippen molar-refractivity contribution >= 4 is 23.5 Å². The molecule has 27 heavy (non-hydrogen) atoms. The molecule has 2 aromatic rings. The third-order valence-corrected chi connectivity index (χ3v) is 3.60. The second kappa shape index (κ2) is 9.49. The van der Waals surface area contributed by atoms with Crippen LogP contribution in [0.3, 0.4) is 0 Å². The smallest absolute Gasteiger partial charge is 0.322 e. The van der Waals surface area contributed by atoms with Crippen LogP contribution in [0.5, 0.6) is 0 Å². The van der Waals surface area contributed by atoms with E-state index in [1.807, 2.05) is 26.0 Å². The summed E-state index contributed by atoms with van der Waals surface area (Å²) >= 11 is 0. The summed E-state index contributed by atoms with van der Waals surface area (Å²) in [4.78, 5) is 34.5. The molecule has 7 nitrogen and oxygen atoms in total. The van der Waals surface area contributed by atoms with E-state index in [4.69, 9.17) is 9.84 Å². The van der Waals surface area contributed by atoms with E-state index < -0.39 is 18.4 Å². The maximum atomic E-state index is 12.3. The average molecular weight is 370 g/mol. The molecule has 0 saturated heterocycles. The lowest BCUT2D eigenvalue weighted by Crippen LogP contribution is -2.29. The van der Waals surface area contributed by atoms with Crippen LogP contribution in [-0.2, 0) is 16.1 Å². The Morgan fingerprint density at radius 1 is 0.926 bits per heavy atom. The van der Waals surface area contributed by atoms with Crippen molar-refractivity contribution in [3.63, 3.8) is 0 Å². The molecule has 0 aliphatic heterocycles. The summed E-state index contributed by atoms with van der Waals surface area (Å²) < 4.78 is 5.52. The fourth-order valence-electron chi connectivity index (χ4n) is 2.18. The molecule has 0 atom stereocenters. The van der Waals surface area contributed by atoms with Gasteiger partial charge in [0, 0.05) is 16.8 Å². The SMILES string of the molecule is CC(C)OCc1ccc(C(=O)Nc2ccc(C(=O)NCC(=O)O)cc2)cc1. The Hall–Kier alpha value is -3.19. The van der Waals surface area contributed by atoms with Crippen molar-refractivity contribution in [3.8, 4) is 0 Å². The van der Waals surface area contributed by atoms with Gasteiger partial charge in [0.25, 0.3) is 11.8 Å². The van der Waals surface area contributed by atoms with Crippen LogP contribution in [0.15, 0.2) is 48.5 Å². The number of nitrogens with one attached hydrogen (secondary N) is 2. The first-order valence-corrected chi connectivity index (χ1v) is 8.47. The molecule has 0 aromatic heterocycles. The highest BCUT2D eigenvalue weighted by Crippen LogP contribution is 2.13. The number of hydrogen-bond donors (Lipinski definition) is 3. The molecule has 0 radical (unpaired) electrons. The second-order valence-corrected chi connectivity index (χ2v) is 6.16. The first kappa shape index (κ1) is 20.1. The van der Waals surface area contributed by atoms with Crippen LogP contribution in [0, 0.1) is 0 Å². The van der Waals surface area contributed by atoms with Crippen molar-refractivity contribution in [2.75, 3.05) is 11.9 Å². The van der Waals surface area contributed by atoms with Gasteiger partial charge in [-0.2, -0.15) is 0 Å². The summed E-state index contributed by atoms with van der Waals surface area (Å²) in [6.45, 7) is 3.96. The van der Waals surface area contributed by atoms with Crippen LogP contribution in [-0.4, -0.2) is 35.5 Å². The van der Waals surface area contributed by atoms with Crippen LogP contribution in [0.1, 0.15) is 40.1 Å². The van der Waals surface area contributed by atoms with Crippen LogP contribution in [0.2, 0.25) is 0 Å². The zero-order valence-corrected chi connectivity index (χ0v) is 15.2. The zero-order chi connectivity index (χ0) is 19.8. The molecular weight excluding hydrogens is 348 g/mol. The van der Waals surface area contributed by atoms with Gasteiger partial charge in [-0.25, -0.2) is 0 Å². The van der Waals surface area contributed by atoms with E-state index in [2.05, 4.69) is 10.6 Å². The average Bonchev–Trinajstić information content (AvgIpc) is 2.65. The van der Waals surface area contributed by atoms with Gasteiger partial charge in [0.1, 0.15) is 6.54 Å². The Kier molecular flexibility index (Phi) is 7.08. The van der Waals surface area contributed by atoms with E-state index in [9.17, 15) is 14.4 Å². The maximum Gasteiger partial charge on any atom is 0.322 e. The summed E-state index contributed by atoms with van der Waals surface area (Å²) in [5, 5.41) is 13.6. The van der Waals surface area contributed by atoms with Gasteiger partial charge >= 0.3 is 5.97 Å². The van der Waals surface area contributed by atoms with Gasteiger partial charge in [-0.1, -0.05) is 12.1 Å². The highest BCUT2D eigenvalue weighted by Gasteiger charge is 2.09. The Labute approximate surface area is 157 Å². The van der Waals surface area contributed by atoms with Crippen molar-refractivity contribution in [3.05, 3.63) is 65.2 Å². The first-order valence-electron chi connectivity index (χ1n) is 8.47. The minimum absolute atomic E-state index is 0.141. The third-order valence-electron chi connectivity index (χ3n) is 3.60. The number of carboxylic acids is 1. The van der Waals surface area contributed by atoms with Crippen LogP contribution >= 0.6 is 0 Å². The van der Waals surface area contributed by atoms with E-state index in [0.717, 1.165) is 5.56 Å². The van der Waals surface area contributed by atoms with Crippen LogP contribution in [0.4, 0.5) is 5.69 Å². The number of amides is 2. The number of carbonyl (C=O) groups is 3. The van der Waals surface area contributed by atoms with E-state index in [-0.39, 0.29) is 12.0 Å². The van der Waals surface area contributed by atoms with Crippen LogP contribution < -0.4 is 10.6 Å². The highest BCUT2D eigenvalue weighted by molar-refractivity contribution is 6.04. The molecule has 2 rings (SSSR count). The van der Waals surface area contributed by atoms with Crippen LogP contribution in [0.25, 0.3) is 0 Å². The molecule has 0 heterocycles. The minimum Gasteiger partial charge on any atom is -0.480 e. The van der Waals surface area contributed by atoms with E-state index >= 15 is 0 Å². The maximum absolute atomic E-state index is 12.3. The number of ether oxygens (including phenoxy) is 1. The van der Waals surface area contributed by atoms with E-state index in [1.54, 1.807) is 24.3 Å². The molecule has 7 heteroatoms. The number of rotatable bonds is 8. The number of aliphatic carboxylic acids is 1. The molecule has 0 saturated carbocycles. The number of anilines is 1. The first-order chi connectivity index (χ1) is 12.8. The van der Waals surface area contributed by atoms with Crippen molar-refractivity contribution in [1.82, 2.24) is 5.32 Å². The Bertz CT molecular complexity index is 798. The molecule has 0 spiro atoms. The molecule has 2 aromatic carbocycles. The van der Waals surface area contributed by atoms with Gasteiger partial charge < -0.3 is 20.5 Å². The fraction of sp³-hybridized carbons (Fsp3) is 0.250. The quantitative estimate of drug-likeness (QED) is 0.663. The molecule has 0 unspecified atom stereocenters. The Morgan fingerprint density at radius 3 is 2.04 bits per heavy atom. The van der Waals surface area contributed by atoms with Gasteiger partial charge in [-0.05, 0) is 55.8 Å². The summed E-state index contributed by atoms with van der Waals surface area (Å²) in [5.41, 5.74) is 2.33. The topological polar surface area (TPSA) is 105 Å². The molecular formula is C20H22N2O5. The van der Waals surface area contributed by atoms with Gasteiger partial charge in [-0.3, -0.25) is 14.4 Å². The van der Waals surface area contributed by atoms with Gasteiger partial charge in [0.15, 0.2) is 0 Å². The molecule has 0 fully saturated rings. The molecule has 0 aliphatic carbocycles.